The predicted molar refractivity (Wildman–Crippen MR) is 95.6 cm³/mol. The molecule has 0 aromatic rings. The standard InChI is InChI=1S/C19H24N4O4/c1-17(2,15-3-7-18(8-4-15,20-11-24)21-12-25)16-5-9-19(10-6-16,22-13-26)23-14-27/h15-16H,3-10H2,1-2H3. The van der Waals surface area contributed by atoms with Gasteiger partial charge >= 0.3 is 0 Å². The van der Waals surface area contributed by atoms with Gasteiger partial charge in [-0.05, 0) is 68.6 Å². The van der Waals surface area contributed by atoms with Crippen molar-refractivity contribution in [1.29, 1.82) is 0 Å². The number of hydrogen-bond donors (Lipinski definition) is 0. The minimum Gasteiger partial charge on any atom is -0.211 e. The van der Waals surface area contributed by atoms with Gasteiger partial charge in [0.05, 0.1) is 0 Å². The molecule has 144 valence electrons. The lowest BCUT2D eigenvalue weighted by Crippen LogP contribution is -2.42. The fourth-order valence-electron chi connectivity index (χ4n) is 4.82. The van der Waals surface area contributed by atoms with Crippen LogP contribution in [0.25, 0.3) is 0 Å². The van der Waals surface area contributed by atoms with Crippen LogP contribution in [0.1, 0.15) is 65.2 Å². The summed E-state index contributed by atoms with van der Waals surface area (Å²) >= 11 is 0. The van der Waals surface area contributed by atoms with Crippen LogP contribution in [0.2, 0.25) is 0 Å². The Bertz CT molecular complexity index is 634. The summed E-state index contributed by atoms with van der Waals surface area (Å²) in [7, 11) is 0. The minimum absolute atomic E-state index is 0.00386. The molecule has 0 atom stereocenters. The van der Waals surface area contributed by atoms with Crippen LogP contribution in [0, 0.1) is 17.3 Å². The highest BCUT2D eigenvalue weighted by atomic mass is 16.1. The lowest BCUT2D eigenvalue weighted by Gasteiger charge is -2.48. The van der Waals surface area contributed by atoms with E-state index in [9.17, 15) is 19.2 Å². The molecule has 2 aliphatic rings. The van der Waals surface area contributed by atoms with E-state index in [1.165, 1.54) is 24.3 Å². The average molecular weight is 372 g/mol. The van der Waals surface area contributed by atoms with Crippen molar-refractivity contribution in [2.75, 3.05) is 0 Å². The van der Waals surface area contributed by atoms with Crippen molar-refractivity contribution in [3.63, 3.8) is 0 Å². The zero-order valence-electron chi connectivity index (χ0n) is 15.7. The van der Waals surface area contributed by atoms with Crippen LogP contribution in [-0.4, -0.2) is 35.6 Å². The Labute approximate surface area is 158 Å². The van der Waals surface area contributed by atoms with Crippen molar-refractivity contribution >= 4 is 24.3 Å². The average Bonchev–Trinajstić information content (AvgIpc) is 2.63. The van der Waals surface area contributed by atoms with E-state index < -0.39 is 11.3 Å². The molecular weight excluding hydrogens is 348 g/mol. The van der Waals surface area contributed by atoms with Crippen molar-refractivity contribution < 1.29 is 19.2 Å². The number of nitrogens with zero attached hydrogens (tertiary/aromatic N) is 4. The molecule has 8 nitrogen and oxygen atoms in total. The Kier molecular flexibility index (Phi) is 6.54. The van der Waals surface area contributed by atoms with E-state index in [4.69, 9.17) is 0 Å². The molecular formula is C19H24N4O4. The summed E-state index contributed by atoms with van der Waals surface area (Å²) in [6.45, 7) is 4.45. The summed E-state index contributed by atoms with van der Waals surface area (Å²) in [6, 6.07) is 0. The van der Waals surface area contributed by atoms with Crippen LogP contribution >= 0.6 is 0 Å². The van der Waals surface area contributed by atoms with Crippen LogP contribution in [0.15, 0.2) is 20.0 Å². The van der Waals surface area contributed by atoms with Crippen LogP contribution in [-0.2, 0) is 19.2 Å². The van der Waals surface area contributed by atoms with Gasteiger partial charge in [-0.15, -0.1) is 0 Å². The van der Waals surface area contributed by atoms with E-state index in [1.807, 2.05) is 0 Å². The first kappa shape index (κ1) is 20.8. The molecule has 0 aromatic carbocycles. The van der Waals surface area contributed by atoms with Crippen LogP contribution < -0.4 is 0 Å². The quantitative estimate of drug-likeness (QED) is 0.525. The molecule has 0 unspecified atom stereocenters. The second-order valence-corrected chi connectivity index (χ2v) is 8.15. The Morgan fingerprint density at radius 2 is 0.889 bits per heavy atom. The maximum absolute atomic E-state index is 10.7. The van der Waals surface area contributed by atoms with Crippen LogP contribution in [0.3, 0.4) is 0 Å². The summed E-state index contributed by atoms with van der Waals surface area (Å²) in [4.78, 5) is 57.8. The van der Waals surface area contributed by atoms with Crippen molar-refractivity contribution in [2.24, 2.45) is 37.2 Å². The lowest BCUT2D eigenvalue weighted by atomic mass is 9.59. The Morgan fingerprint density at radius 1 is 0.630 bits per heavy atom. The van der Waals surface area contributed by atoms with Crippen molar-refractivity contribution in [1.82, 2.24) is 0 Å². The molecule has 0 aliphatic heterocycles. The normalized spacial score (nSPS) is 33.4. The molecule has 8 heteroatoms. The molecule has 0 amide bonds. The number of hydrogen-bond acceptors (Lipinski definition) is 8. The first-order valence-electron chi connectivity index (χ1n) is 9.23. The van der Waals surface area contributed by atoms with Crippen molar-refractivity contribution in [3.8, 4) is 0 Å². The second-order valence-electron chi connectivity index (χ2n) is 8.15. The monoisotopic (exact) mass is 372 g/mol. The van der Waals surface area contributed by atoms with E-state index in [2.05, 4.69) is 33.8 Å². The number of aliphatic imine (C=N–C) groups is 4. The van der Waals surface area contributed by atoms with Gasteiger partial charge in [-0.3, -0.25) is 0 Å². The molecule has 0 N–H and O–H groups in total. The van der Waals surface area contributed by atoms with Gasteiger partial charge in [0.25, 0.3) is 0 Å². The van der Waals surface area contributed by atoms with E-state index in [-0.39, 0.29) is 5.41 Å². The molecule has 2 aliphatic carbocycles. The first-order chi connectivity index (χ1) is 12.9. The second kappa shape index (κ2) is 8.47. The smallest absolute Gasteiger partial charge is 0.211 e. The Morgan fingerprint density at radius 3 is 1.11 bits per heavy atom. The largest absolute Gasteiger partial charge is 0.237 e. The van der Waals surface area contributed by atoms with Gasteiger partial charge in [-0.2, -0.15) is 20.0 Å². The van der Waals surface area contributed by atoms with Gasteiger partial charge in [0.2, 0.25) is 24.3 Å². The van der Waals surface area contributed by atoms with Gasteiger partial charge in [0, 0.05) is 0 Å². The van der Waals surface area contributed by atoms with E-state index in [0.717, 1.165) is 25.7 Å². The third-order valence-electron chi connectivity index (χ3n) is 6.69. The maximum Gasteiger partial charge on any atom is 0.237 e. The van der Waals surface area contributed by atoms with Gasteiger partial charge < -0.3 is 0 Å². The summed E-state index contributed by atoms with van der Waals surface area (Å²) in [5, 5.41) is 0. The Balaban J connectivity index is 2.08. The molecule has 0 heterocycles. The fraction of sp³-hybridized carbons (Fsp3) is 0.789. The highest BCUT2D eigenvalue weighted by Crippen LogP contribution is 2.52. The maximum atomic E-state index is 10.7. The van der Waals surface area contributed by atoms with Crippen molar-refractivity contribution in [2.45, 2.75) is 76.5 Å². The molecule has 0 radical (unpaired) electrons. The predicted octanol–water partition coefficient (Wildman–Crippen LogP) is 3.13. The molecule has 0 saturated heterocycles. The third-order valence-corrected chi connectivity index (χ3v) is 6.69. The van der Waals surface area contributed by atoms with E-state index in [1.54, 1.807) is 0 Å². The zero-order chi connectivity index (χ0) is 20.0. The molecule has 2 saturated carbocycles. The number of carbonyl (C=O) groups excluding carboxylic acids is 4. The fourth-order valence-corrected chi connectivity index (χ4v) is 4.82. The minimum atomic E-state index is -1.00. The molecule has 0 aromatic heterocycles. The van der Waals surface area contributed by atoms with Crippen molar-refractivity contribution in [3.05, 3.63) is 0 Å². The highest BCUT2D eigenvalue weighted by Gasteiger charge is 2.46. The molecule has 2 rings (SSSR count). The highest BCUT2D eigenvalue weighted by molar-refractivity contribution is 5.40. The summed E-state index contributed by atoms with van der Waals surface area (Å²) in [5.74, 6) is 0.770. The third kappa shape index (κ3) is 4.44. The molecule has 0 spiro atoms. The van der Waals surface area contributed by atoms with E-state index >= 15 is 0 Å². The van der Waals surface area contributed by atoms with Crippen LogP contribution in [0.5, 0.6) is 0 Å². The number of isocyanates is 4. The summed E-state index contributed by atoms with van der Waals surface area (Å²) in [6.07, 6.45) is 11.4. The first-order valence-corrected chi connectivity index (χ1v) is 9.23. The SMILES string of the molecule is CC(C)(C1CCC(N=C=O)(N=C=O)CC1)C1CCC(N=C=O)(N=C=O)CC1. The molecule has 2 fully saturated rings. The molecule has 0 bridgehead atoms. The lowest BCUT2D eigenvalue weighted by molar-refractivity contribution is 0.0326. The number of rotatable bonds is 6. The van der Waals surface area contributed by atoms with Gasteiger partial charge in [-0.25, -0.2) is 19.2 Å². The Hall–Kier alpha value is -2.48. The van der Waals surface area contributed by atoms with Gasteiger partial charge in [-0.1, -0.05) is 13.8 Å². The topological polar surface area (TPSA) is 118 Å². The summed E-state index contributed by atoms with van der Waals surface area (Å²) in [5.41, 5.74) is -2.01. The van der Waals surface area contributed by atoms with Gasteiger partial charge in [0.1, 0.15) is 0 Å². The van der Waals surface area contributed by atoms with Gasteiger partial charge in [0.15, 0.2) is 11.3 Å². The summed E-state index contributed by atoms with van der Waals surface area (Å²) < 4.78 is 0. The van der Waals surface area contributed by atoms with E-state index in [0.29, 0.717) is 37.5 Å². The zero-order valence-corrected chi connectivity index (χ0v) is 15.7. The van der Waals surface area contributed by atoms with Crippen LogP contribution in [0.4, 0.5) is 0 Å². The molecule has 27 heavy (non-hydrogen) atoms.